The highest BCUT2D eigenvalue weighted by molar-refractivity contribution is 7.81. The van der Waals surface area contributed by atoms with E-state index in [2.05, 4.69) is 17.9 Å². The van der Waals surface area contributed by atoms with Crippen molar-refractivity contribution in [1.29, 1.82) is 0 Å². The Morgan fingerprint density at radius 3 is 2.27 bits per heavy atom. The molecule has 0 aromatic rings. The van der Waals surface area contributed by atoms with Crippen LogP contribution in [0.15, 0.2) is 0 Å². The first kappa shape index (κ1) is 9.19. The van der Waals surface area contributed by atoms with Gasteiger partial charge in [-0.2, -0.15) is 25.8 Å². The zero-order valence-electron chi connectivity index (χ0n) is 5.86. The van der Waals surface area contributed by atoms with E-state index in [4.69, 9.17) is 0 Å². The van der Waals surface area contributed by atoms with Crippen molar-refractivity contribution in [3.8, 4) is 0 Å². The van der Waals surface area contributed by atoms with Gasteiger partial charge in [-0.3, -0.25) is 0 Å². The van der Waals surface area contributed by atoms with Crippen LogP contribution in [0.1, 0.15) is 12.8 Å². The van der Waals surface area contributed by atoms with E-state index in [0.29, 0.717) is 13.0 Å². The predicted molar refractivity (Wildman–Crippen MR) is 39.9 cm³/mol. The summed E-state index contributed by atoms with van der Waals surface area (Å²) >= 11 is 4.07. The predicted octanol–water partition coefficient (Wildman–Crippen LogP) is 1.60. The van der Waals surface area contributed by atoms with E-state index in [9.17, 15) is 13.2 Å². The van der Waals surface area contributed by atoms with Gasteiger partial charge in [-0.05, 0) is 12.8 Å². The smallest absolute Gasteiger partial charge is 0.305 e. The number of halogens is 3. The fraction of sp³-hybridized carbons (Fsp3) is 1.00. The molecule has 1 aliphatic heterocycles. The maximum atomic E-state index is 12.0. The lowest BCUT2D eigenvalue weighted by molar-refractivity contribution is -0.159. The highest BCUT2D eigenvalue weighted by atomic mass is 32.1. The average molecular weight is 185 g/mol. The van der Waals surface area contributed by atoms with E-state index in [-0.39, 0.29) is 11.7 Å². The lowest BCUT2D eigenvalue weighted by Crippen LogP contribution is -2.48. The Labute approximate surface area is 68.8 Å². The summed E-state index contributed by atoms with van der Waals surface area (Å²) in [5.41, 5.74) is 0. The summed E-state index contributed by atoms with van der Waals surface area (Å²) in [7, 11) is 0. The molecule has 0 radical (unpaired) electrons. The fourth-order valence-electron chi connectivity index (χ4n) is 1.12. The third kappa shape index (κ3) is 2.56. The molecule has 0 bridgehead atoms. The highest BCUT2D eigenvalue weighted by Crippen LogP contribution is 2.27. The molecule has 0 amide bonds. The van der Waals surface area contributed by atoms with E-state index in [1.54, 1.807) is 0 Å². The summed E-state index contributed by atoms with van der Waals surface area (Å²) in [6.07, 6.45) is -3.40. The lowest BCUT2D eigenvalue weighted by atomic mass is 10.0. The standard InChI is InChI=1S/C6H10F3NS/c7-6(8,9)5-2-1-4(11)3-10-5/h4-5,10-11H,1-3H2. The zero-order valence-corrected chi connectivity index (χ0v) is 6.75. The van der Waals surface area contributed by atoms with Crippen LogP contribution >= 0.6 is 12.6 Å². The second-order valence-corrected chi connectivity index (χ2v) is 3.46. The molecular weight excluding hydrogens is 175 g/mol. The first-order chi connectivity index (χ1) is 5.00. The second kappa shape index (κ2) is 3.23. The quantitative estimate of drug-likeness (QED) is 0.546. The van der Waals surface area contributed by atoms with Gasteiger partial charge in [0, 0.05) is 11.8 Å². The molecule has 1 N–H and O–H groups in total. The normalized spacial score (nSPS) is 33.8. The molecule has 1 aliphatic rings. The van der Waals surface area contributed by atoms with Crippen LogP contribution in [-0.2, 0) is 0 Å². The van der Waals surface area contributed by atoms with Crippen LogP contribution in [0.25, 0.3) is 0 Å². The third-order valence-corrected chi connectivity index (χ3v) is 2.22. The van der Waals surface area contributed by atoms with E-state index in [1.807, 2.05) is 0 Å². The molecule has 1 saturated heterocycles. The van der Waals surface area contributed by atoms with Gasteiger partial charge in [-0.15, -0.1) is 0 Å². The Balaban J connectivity index is 2.39. The summed E-state index contributed by atoms with van der Waals surface area (Å²) in [6, 6.07) is -1.31. The van der Waals surface area contributed by atoms with Crippen molar-refractivity contribution in [3.63, 3.8) is 0 Å². The van der Waals surface area contributed by atoms with Crippen molar-refractivity contribution < 1.29 is 13.2 Å². The van der Waals surface area contributed by atoms with Gasteiger partial charge in [0.2, 0.25) is 0 Å². The van der Waals surface area contributed by atoms with Crippen molar-refractivity contribution in [2.75, 3.05) is 6.54 Å². The lowest BCUT2D eigenvalue weighted by Gasteiger charge is -2.28. The average Bonchev–Trinajstić information content (AvgIpc) is 1.86. The minimum atomic E-state index is -4.09. The summed E-state index contributed by atoms with van der Waals surface area (Å²) in [6.45, 7) is 0.354. The number of hydrogen-bond donors (Lipinski definition) is 2. The monoisotopic (exact) mass is 185 g/mol. The molecule has 0 spiro atoms. The van der Waals surface area contributed by atoms with Crippen LogP contribution in [0.5, 0.6) is 0 Å². The van der Waals surface area contributed by atoms with Gasteiger partial charge in [-0.25, -0.2) is 0 Å². The van der Waals surface area contributed by atoms with Gasteiger partial charge >= 0.3 is 6.18 Å². The van der Waals surface area contributed by atoms with Gasteiger partial charge in [-0.1, -0.05) is 0 Å². The van der Waals surface area contributed by atoms with E-state index in [0.717, 1.165) is 0 Å². The van der Waals surface area contributed by atoms with Crippen molar-refractivity contribution in [1.82, 2.24) is 5.32 Å². The molecule has 5 heteroatoms. The molecule has 0 aromatic heterocycles. The maximum absolute atomic E-state index is 12.0. The summed E-state index contributed by atoms with van der Waals surface area (Å²) < 4.78 is 35.9. The molecule has 66 valence electrons. The van der Waals surface area contributed by atoms with Crippen molar-refractivity contribution in [2.45, 2.75) is 30.3 Å². The van der Waals surface area contributed by atoms with Gasteiger partial charge < -0.3 is 5.32 Å². The van der Waals surface area contributed by atoms with Crippen molar-refractivity contribution >= 4 is 12.6 Å². The van der Waals surface area contributed by atoms with Gasteiger partial charge in [0.25, 0.3) is 0 Å². The SMILES string of the molecule is FC(F)(F)C1CCC(S)CN1. The van der Waals surface area contributed by atoms with E-state index < -0.39 is 12.2 Å². The summed E-state index contributed by atoms with van der Waals surface area (Å²) in [4.78, 5) is 0. The van der Waals surface area contributed by atoms with Crippen LogP contribution in [-0.4, -0.2) is 24.0 Å². The molecule has 1 heterocycles. The molecular formula is C6H10F3NS. The zero-order chi connectivity index (χ0) is 8.48. The molecule has 1 fully saturated rings. The van der Waals surface area contributed by atoms with Crippen LogP contribution in [0.4, 0.5) is 13.2 Å². The highest BCUT2D eigenvalue weighted by Gasteiger charge is 2.40. The molecule has 1 nitrogen and oxygen atoms in total. The minimum absolute atomic E-state index is 0.0774. The van der Waals surface area contributed by atoms with Gasteiger partial charge in [0.1, 0.15) is 6.04 Å². The Bertz CT molecular complexity index is 128. The number of piperidine rings is 1. The first-order valence-electron chi connectivity index (χ1n) is 3.48. The van der Waals surface area contributed by atoms with E-state index >= 15 is 0 Å². The Hall–Kier alpha value is 0.1000. The molecule has 2 atom stereocenters. The van der Waals surface area contributed by atoms with Gasteiger partial charge in [0.15, 0.2) is 0 Å². The number of thiol groups is 1. The van der Waals surface area contributed by atoms with Crippen LogP contribution in [0.3, 0.4) is 0 Å². The number of rotatable bonds is 0. The molecule has 11 heavy (non-hydrogen) atoms. The largest absolute Gasteiger partial charge is 0.403 e. The molecule has 1 rings (SSSR count). The summed E-state index contributed by atoms with van der Waals surface area (Å²) in [5.74, 6) is 0. The molecule has 0 saturated carbocycles. The van der Waals surface area contributed by atoms with E-state index in [1.165, 1.54) is 0 Å². The van der Waals surface area contributed by atoms with Crippen molar-refractivity contribution in [2.24, 2.45) is 0 Å². The van der Waals surface area contributed by atoms with Crippen LogP contribution in [0, 0.1) is 0 Å². The van der Waals surface area contributed by atoms with Crippen LogP contribution < -0.4 is 5.32 Å². The topological polar surface area (TPSA) is 12.0 Å². The van der Waals surface area contributed by atoms with Crippen LogP contribution in [0.2, 0.25) is 0 Å². The van der Waals surface area contributed by atoms with Gasteiger partial charge in [0.05, 0.1) is 0 Å². The first-order valence-corrected chi connectivity index (χ1v) is 4.00. The Morgan fingerprint density at radius 1 is 1.27 bits per heavy atom. The third-order valence-electron chi connectivity index (χ3n) is 1.78. The van der Waals surface area contributed by atoms with Crippen molar-refractivity contribution in [3.05, 3.63) is 0 Å². The molecule has 0 aliphatic carbocycles. The maximum Gasteiger partial charge on any atom is 0.403 e. The minimum Gasteiger partial charge on any atom is -0.305 e. The molecule has 0 aromatic carbocycles. The second-order valence-electron chi connectivity index (χ2n) is 2.73. The Morgan fingerprint density at radius 2 is 1.91 bits per heavy atom. The molecule has 2 unspecified atom stereocenters. The summed E-state index contributed by atoms with van der Waals surface area (Å²) in [5, 5.41) is 2.48. The number of hydrogen-bond acceptors (Lipinski definition) is 2. The number of nitrogens with one attached hydrogen (secondary N) is 1. The Kier molecular flexibility index (Phi) is 2.70. The number of alkyl halides is 3. The fourth-order valence-corrected chi connectivity index (χ4v) is 1.38.